The predicted octanol–water partition coefficient (Wildman–Crippen LogP) is 4.41. The molecule has 174 valence electrons. The Labute approximate surface area is 194 Å². The molecule has 4 rings (SSSR count). The zero-order chi connectivity index (χ0) is 23.6. The Morgan fingerprint density at radius 2 is 1.76 bits per heavy atom. The van der Waals surface area contributed by atoms with Crippen LogP contribution in [0.3, 0.4) is 0 Å². The fourth-order valence-electron chi connectivity index (χ4n) is 3.82. The maximum Gasteiger partial charge on any atom is 0.309 e. The molecule has 0 amide bonds. The number of hydrogen-bond donors (Lipinski definition) is 0. The maximum absolute atomic E-state index is 13.0. The van der Waals surface area contributed by atoms with Crippen LogP contribution in [0.15, 0.2) is 58.0 Å². The van der Waals surface area contributed by atoms with Crippen LogP contribution < -0.4 is 0 Å². The van der Waals surface area contributed by atoms with E-state index in [0.29, 0.717) is 29.3 Å². The first-order valence-corrected chi connectivity index (χ1v) is 12.4. The largest absolute Gasteiger partial charge is 0.459 e. The lowest BCUT2D eigenvalue weighted by atomic mass is 9.98. The summed E-state index contributed by atoms with van der Waals surface area (Å²) in [4.78, 5) is 17.2. The molecule has 0 aliphatic carbocycles. The number of piperidine rings is 1. The van der Waals surface area contributed by atoms with Gasteiger partial charge in [-0.1, -0.05) is 23.8 Å². The van der Waals surface area contributed by atoms with Gasteiger partial charge >= 0.3 is 5.97 Å². The van der Waals surface area contributed by atoms with Crippen molar-refractivity contribution in [2.45, 2.75) is 45.1 Å². The highest BCUT2D eigenvalue weighted by Crippen LogP contribution is 2.26. The number of sulfonamides is 1. The summed E-state index contributed by atoms with van der Waals surface area (Å²) in [5.74, 6) is -0.191. The van der Waals surface area contributed by atoms with Crippen LogP contribution in [0, 0.1) is 26.7 Å². The minimum atomic E-state index is -3.57. The van der Waals surface area contributed by atoms with Crippen LogP contribution in [0.2, 0.25) is 0 Å². The van der Waals surface area contributed by atoms with Gasteiger partial charge in [0, 0.05) is 18.7 Å². The number of esters is 1. The Morgan fingerprint density at radius 1 is 1.06 bits per heavy atom. The monoisotopic (exact) mass is 468 g/mol. The second-order valence-corrected chi connectivity index (χ2v) is 10.5. The van der Waals surface area contributed by atoms with E-state index in [1.165, 1.54) is 10.6 Å². The van der Waals surface area contributed by atoms with Crippen molar-refractivity contribution in [1.82, 2.24) is 9.29 Å². The Bertz CT molecular complexity index is 1240. The zero-order valence-electron chi connectivity index (χ0n) is 19.1. The Morgan fingerprint density at radius 3 is 2.42 bits per heavy atom. The molecule has 0 atom stereocenters. The molecule has 2 aromatic carbocycles. The number of hydrogen-bond acceptors (Lipinski definition) is 6. The van der Waals surface area contributed by atoms with Crippen molar-refractivity contribution in [1.29, 1.82) is 0 Å². The van der Waals surface area contributed by atoms with Gasteiger partial charge in [-0.3, -0.25) is 4.79 Å². The minimum Gasteiger partial charge on any atom is -0.459 e. The number of ether oxygens (including phenoxy) is 1. The number of carbonyl (C=O) groups excluding carboxylic acids is 1. The lowest BCUT2D eigenvalue weighted by Gasteiger charge is -2.30. The van der Waals surface area contributed by atoms with E-state index in [4.69, 9.17) is 9.15 Å². The predicted molar refractivity (Wildman–Crippen MR) is 124 cm³/mol. The van der Waals surface area contributed by atoms with E-state index >= 15 is 0 Å². The average molecular weight is 469 g/mol. The topological polar surface area (TPSA) is 89.7 Å². The molecule has 0 unspecified atom stereocenters. The van der Waals surface area contributed by atoms with E-state index in [2.05, 4.69) is 4.98 Å². The zero-order valence-corrected chi connectivity index (χ0v) is 19.9. The van der Waals surface area contributed by atoms with Gasteiger partial charge in [0.05, 0.1) is 10.8 Å². The highest BCUT2D eigenvalue weighted by atomic mass is 32.2. The van der Waals surface area contributed by atoms with Gasteiger partial charge in [-0.05, 0) is 69.0 Å². The molecule has 0 saturated carbocycles. The number of nitrogens with zero attached hydrogens (tertiary/aromatic N) is 2. The molecule has 8 heteroatoms. The Kier molecular flexibility index (Phi) is 6.67. The van der Waals surface area contributed by atoms with E-state index < -0.39 is 10.0 Å². The van der Waals surface area contributed by atoms with Crippen molar-refractivity contribution in [3.8, 4) is 11.5 Å². The van der Waals surface area contributed by atoms with Gasteiger partial charge in [0.2, 0.25) is 15.9 Å². The maximum atomic E-state index is 13.0. The molecule has 2 heterocycles. The molecule has 0 N–H and O–H groups in total. The third-order valence-corrected chi connectivity index (χ3v) is 8.01. The smallest absolute Gasteiger partial charge is 0.309 e. The van der Waals surface area contributed by atoms with Gasteiger partial charge in [0.1, 0.15) is 18.6 Å². The number of carbonyl (C=O) groups is 1. The van der Waals surface area contributed by atoms with Crippen LogP contribution in [0.4, 0.5) is 0 Å². The fraction of sp³-hybridized carbons (Fsp3) is 0.360. The van der Waals surface area contributed by atoms with Crippen LogP contribution in [0.25, 0.3) is 11.5 Å². The van der Waals surface area contributed by atoms with E-state index in [0.717, 1.165) is 22.3 Å². The van der Waals surface area contributed by atoms with E-state index in [-0.39, 0.29) is 31.6 Å². The second kappa shape index (κ2) is 9.49. The van der Waals surface area contributed by atoms with E-state index in [1.807, 2.05) is 51.1 Å². The number of aryl methyl sites for hydroxylation is 3. The molecule has 1 aliphatic heterocycles. The number of rotatable bonds is 6. The van der Waals surface area contributed by atoms with Gasteiger partial charge in [0.15, 0.2) is 0 Å². The van der Waals surface area contributed by atoms with Crippen molar-refractivity contribution in [2.75, 3.05) is 13.1 Å². The van der Waals surface area contributed by atoms with Gasteiger partial charge in [-0.15, -0.1) is 0 Å². The SMILES string of the molecule is Cc1ccc(-c2nc(COC(=O)C3CCN(S(=O)(=O)c4ccc(C)c(C)c4)CC3)co2)cc1. The number of aromatic nitrogens is 1. The standard InChI is InChI=1S/C25H28N2O5S/c1-17-4-7-20(8-5-17)24-26-22(15-31-24)16-32-25(28)21-10-12-27(13-11-21)33(29,30)23-9-6-18(2)19(3)14-23/h4-9,14-15,21H,10-13,16H2,1-3H3. The fourth-order valence-corrected chi connectivity index (χ4v) is 5.38. The first-order valence-electron chi connectivity index (χ1n) is 11.0. The van der Waals surface area contributed by atoms with Gasteiger partial charge in [-0.2, -0.15) is 4.31 Å². The molecule has 0 spiro atoms. The summed E-state index contributed by atoms with van der Waals surface area (Å²) < 4.78 is 38.3. The van der Waals surface area contributed by atoms with Crippen LogP contribution in [-0.4, -0.2) is 36.8 Å². The molecular formula is C25H28N2O5S. The first-order chi connectivity index (χ1) is 15.7. The van der Waals surface area contributed by atoms with Gasteiger partial charge < -0.3 is 9.15 Å². The highest BCUT2D eigenvalue weighted by Gasteiger charge is 2.33. The second-order valence-electron chi connectivity index (χ2n) is 8.54. The summed E-state index contributed by atoms with van der Waals surface area (Å²) in [5, 5.41) is 0. The third-order valence-electron chi connectivity index (χ3n) is 6.12. The molecule has 0 radical (unpaired) electrons. The van der Waals surface area contributed by atoms with Crippen LogP contribution in [0.5, 0.6) is 0 Å². The van der Waals surface area contributed by atoms with Crippen LogP contribution >= 0.6 is 0 Å². The van der Waals surface area contributed by atoms with Crippen LogP contribution in [-0.2, 0) is 26.2 Å². The number of oxazole rings is 1. The van der Waals surface area contributed by atoms with Gasteiger partial charge in [-0.25, -0.2) is 13.4 Å². The first kappa shape index (κ1) is 23.2. The molecule has 7 nitrogen and oxygen atoms in total. The van der Waals surface area contributed by atoms with Gasteiger partial charge in [0.25, 0.3) is 0 Å². The normalized spacial score (nSPS) is 15.5. The van der Waals surface area contributed by atoms with Crippen molar-refractivity contribution in [3.63, 3.8) is 0 Å². The Balaban J connectivity index is 1.31. The molecule has 1 fully saturated rings. The quantitative estimate of drug-likeness (QED) is 0.498. The minimum absolute atomic E-state index is 0.0232. The number of benzene rings is 2. The summed E-state index contributed by atoms with van der Waals surface area (Å²) in [6.07, 6.45) is 2.34. The van der Waals surface area contributed by atoms with Crippen LogP contribution in [0.1, 0.15) is 35.2 Å². The summed E-state index contributed by atoms with van der Waals surface area (Å²) in [5.41, 5.74) is 4.53. The van der Waals surface area contributed by atoms with Crippen molar-refractivity contribution < 1.29 is 22.4 Å². The summed E-state index contributed by atoms with van der Waals surface area (Å²) in [6, 6.07) is 13.0. The summed E-state index contributed by atoms with van der Waals surface area (Å²) in [6.45, 7) is 6.45. The molecular weight excluding hydrogens is 440 g/mol. The average Bonchev–Trinajstić information content (AvgIpc) is 3.29. The van der Waals surface area contributed by atoms with Crippen molar-refractivity contribution in [3.05, 3.63) is 71.1 Å². The van der Waals surface area contributed by atoms with Crippen molar-refractivity contribution in [2.24, 2.45) is 5.92 Å². The Hall–Kier alpha value is -2.97. The lowest BCUT2D eigenvalue weighted by Crippen LogP contribution is -2.40. The molecule has 1 aromatic heterocycles. The highest BCUT2D eigenvalue weighted by molar-refractivity contribution is 7.89. The molecule has 33 heavy (non-hydrogen) atoms. The summed E-state index contributed by atoms with van der Waals surface area (Å²) in [7, 11) is -3.57. The lowest BCUT2D eigenvalue weighted by molar-refractivity contribution is -0.151. The molecule has 0 bridgehead atoms. The molecule has 1 saturated heterocycles. The van der Waals surface area contributed by atoms with E-state index in [9.17, 15) is 13.2 Å². The third kappa shape index (κ3) is 5.17. The van der Waals surface area contributed by atoms with E-state index in [1.54, 1.807) is 12.1 Å². The van der Waals surface area contributed by atoms with Crippen molar-refractivity contribution >= 4 is 16.0 Å². The molecule has 1 aliphatic rings. The molecule has 3 aromatic rings. The summed E-state index contributed by atoms with van der Waals surface area (Å²) >= 11 is 0.